The van der Waals surface area contributed by atoms with Crippen molar-refractivity contribution in [2.24, 2.45) is 0 Å². The largest absolute Gasteiger partial charge is 0.494 e. The normalized spacial score (nSPS) is 18.6. The van der Waals surface area contributed by atoms with E-state index in [1.165, 1.54) is 42.0 Å². The molecule has 144 valence electrons. The molecule has 1 N–H and O–H groups in total. The Balaban J connectivity index is 1.60. The maximum Gasteiger partial charge on any atom is 0.494 e. The van der Waals surface area contributed by atoms with E-state index in [4.69, 9.17) is 9.31 Å². The molecule has 29 heavy (non-hydrogen) atoms. The monoisotopic (exact) mass is 399 g/mol. The summed E-state index contributed by atoms with van der Waals surface area (Å²) in [6, 6.07) is 19.6. The molecule has 5 heteroatoms. The smallest absolute Gasteiger partial charge is 0.399 e. The van der Waals surface area contributed by atoms with Crippen molar-refractivity contribution >= 4 is 65.9 Å². The molecule has 0 atom stereocenters. The molecule has 3 nitrogen and oxygen atoms in total. The van der Waals surface area contributed by atoms with Gasteiger partial charge < -0.3 is 14.3 Å². The third-order valence-electron chi connectivity index (χ3n) is 6.66. The fourth-order valence-electron chi connectivity index (χ4n) is 4.33. The molecule has 1 aliphatic rings. The Morgan fingerprint density at radius 2 is 1.52 bits per heavy atom. The fourth-order valence-corrected chi connectivity index (χ4v) is 5.42. The van der Waals surface area contributed by atoms with Gasteiger partial charge in [-0.15, -0.1) is 11.3 Å². The predicted octanol–water partition coefficient (Wildman–Crippen LogP) is 5.99. The second kappa shape index (κ2) is 5.63. The van der Waals surface area contributed by atoms with Gasteiger partial charge in [-0.1, -0.05) is 36.4 Å². The first-order valence-corrected chi connectivity index (χ1v) is 10.9. The first-order valence-electron chi connectivity index (χ1n) is 10.1. The molecule has 3 heterocycles. The molecule has 0 spiro atoms. The van der Waals surface area contributed by atoms with Crippen LogP contribution in [0.2, 0.25) is 0 Å². The maximum atomic E-state index is 6.30. The van der Waals surface area contributed by atoms with Crippen LogP contribution in [0.15, 0.2) is 54.6 Å². The van der Waals surface area contributed by atoms with Crippen LogP contribution in [0.1, 0.15) is 27.7 Å². The maximum absolute atomic E-state index is 6.30. The van der Waals surface area contributed by atoms with E-state index in [1.54, 1.807) is 0 Å². The molecule has 1 fully saturated rings. The number of thiophene rings is 1. The quantitative estimate of drug-likeness (QED) is 0.352. The van der Waals surface area contributed by atoms with Gasteiger partial charge in [0.2, 0.25) is 0 Å². The lowest BCUT2D eigenvalue weighted by molar-refractivity contribution is 0.00578. The molecule has 0 amide bonds. The number of rotatable bonds is 1. The lowest BCUT2D eigenvalue weighted by Gasteiger charge is -2.32. The van der Waals surface area contributed by atoms with Gasteiger partial charge in [0.1, 0.15) is 0 Å². The lowest BCUT2D eigenvalue weighted by atomic mass is 9.78. The average molecular weight is 399 g/mol. The van der Waals surface area contributed by atoms with E-state index >= 15 is 0 Å². The predicted molar refractivity (Wildman–Crippen MR) is 124 cm³/mol. The summed E-state index contributed by atoms with van der Waals surface area (Å²) in [6.07, 6.45) is 0. The van der Waals surface area contributed by atoms with E-state index in [-0.39, 0.29) is 18.3 Å². The van der Waals surface area contributed by atoms with Crippen LogP contribution in [0, 0.1) is 0 Å². The minimum Gasteiger partial charge on any atom is -0.399 e. The summed E-state index contributed by atoms with van der Waals surface area (Å²) in [5, 5.41) is 5.09. The number of hydrogen-bond donors (Lipinski definition) is 1. The number of benzene rings is 3. The number of fused-ring (bicyclic) bond motifs is 7. The van der Waals surface area contributed by atoms with E-state index in [2.05, 4.69) is 87.3 Å². The highest BCUT2D eigenvalue weighted by Gasteiger charge is 2.51. The van der Waals surface area contributed by atoms with Gasteiger partial charge in [0.25, 0.3) is 0 Å². The Morgan fingerprint density at radius 1 is 0.793 bits per heavy atom. The second-order valence-corrected chi connectivity index (χ2v) is 10.1. The molecule has 0 saturated carbocycles. The van der Waals surface area contributed by atoms with Crippen LogP contribution >= 0.6 is 11.3 Å². The van der Waals surface area contributed by atoms with Crippen LogP contribution in [0.5, 0.6) is 0 Å². The van der Waals surface area contributed by atoms with Crippen molar-refractivity contribution in [1.82, 2.24) is 4.98 Å². The third kappa shape index (κ3) is 2.38. The Morgan fingerprint density at radius 3 is 2.31 bits per heavy atom. The SMILES string of the molecule is CC1(C)OB(c2ccc3sc4ccc5c6ccccc6[nH]c5c4c3c2)OC1(C)C. The van der Waals surface area contributed by atoms with Gasteiger partial charge in [-0.2, -0.15) is 0 Å². The van der Waals surface area contributed by atoms with Crippen molar-refractivity contribution in [3.63, 3.8) is 0 Å². The third-order valence-corrected chi connectivity index (χ3v) is 7.80. The standard InChI is InChI=1S/C24H22BNO2S/c1-23(2)24(3,4)28-25(27-23)14-9-11-19-17(13-14)21-20(29-19)12-10-16-15-7-5-6-8-18(15)26-22(16)21/h5-13,26H,1-4H3. The minimum atomic E-state index is -0.346. The molecule has 3 aromatic carbocycles. The molecular formula is C24H22BNO2S. The number of para-hydroxylation sites is 1. The molecule has 6 rings (SSSR count). The summed E-state index contributed by atoms with van der Waals surface area (Å²) in [6.45, 7) is 8.39. The Kier molecular flexibility index (Phi) is 3.40. The van der Waals surface area contributed by atoms with Crippen molar-refractivity contribution in [2.75, 3.05) is 0 Å². The molecule has 0 unspecified atom stereocenters. The number of aromatic nitrogens is 1. The number of aromatic amines is 1. The molecule has 0 bridgehead atoms. The zero-order valence-electron chi connectivity index (χ0n) is 17.0. The summed E-state index contributed by atoms with van der Waals surface area (Å²) < 4.78 is 15.2. The highest BCUT2D eigenvalue weighted by Crippen LogP contribution is 2.41. The Bertz CT molecular complexity index is 1410. The summed E-state index contributed by atoms with van der Waals surface area (Å²) in [4.78, 5) is 3.66. The van der Waals surface area contributed by atoms with Crippen molar-refractivity contribution in [2.45, 2.75) is 38.9 Å². The van der Waals surface area contributed by atoms with E-state index in [0.717, 1.165) is 5.46 Å². The topological polar surface area (TPSA) is 34.2 Å². The van der Waals surface area contributed by atoms with E-state index in [9.17, 15) is 0 Å². The number of nitrogens with one attached hydrogen (secondary N) is 1. The van der Waals surface area contributed by atoms with Gasteiger partial charge in [-0.05, 0) is 51.4 Å². The molecular weight excluding hydrogens is 377 g/mol. The molecule has 0 radical (unpaired) electrons. The minimum absolute atomic E-state index is 0.339. The highest BCUT2D eigenvalue weighted by atomic mass is 32.1. The lowest BCUT2D eigenvalue weighted by Crippen LogP contribution is -2.41. The molecule has 5 aromatic rings. The van der Waals surface area contributed by atoms with Crippen LogP contribution in [0.25, 0.3) is 42.0 Å². The van der Waals surface area contributed by atoms with Gasteiger partial charge in [-0.25, -0.2) is 0 Å². The molecule has 1 saturated heterocycles. The summed E-state index contributed by atoms with van der Waals surface area (Å²) >= 11 is 1.84. The zero-order chi connectivity index (χ0) is 20.0. The van der Waals surface area contributed by atoms with Crippen molar-refractivity contribution in [3.05, 3.63) is 54.6 Å². The number of hydrogen-bond acceptors (Lipinski definition) is 3. The van der Waals surface area contributed by atoms with Gasteiger partial charge in [0.05, 0.1) is 16.7 Å². The average Bonchev–Trinajstić information content (AvgIpc) is 3.30. The Labute approximate surface area is 173 Å². The van der Waals surface area contributed by atoms with Crippen molar-refractivity contribution in [3.8, 4) is 0 Å². The first kappa shape index (κ1) is 17.5. The van der Waals surface area contributed by atoms with Crippen LogP contribution in [0.4, 0.5) is 0 Å². The second-order valence-electron chi connectivity index (χ2n) is 8.98. The van der Waals surface area contributed by atoms with E-state index in [0.29, 0.717) is 0 Å². The van der Waals surface area contributed by atoms with Crippen LogP contribution in [0.3, 0.4) is 0 Å². The first-order chi connectivity index (χ1) is 13.8. The van der Waals surface area contributed by atoms with E-state index in [1.807, 2.05) is 11.3 Å². The van der Waals surface area contributed by atoms with Gasteiger partial charge in [0, 0.05) is 36.5 Å². The van der Waals surface area contributed by atoms with Gasteiger partial charge >= 0.3 is 7.12 Å². The zero-order valence-corrected chi connectivity index (χ0v) is 17.8. The van der Waals surface area contributed by atoms with Crippen molar-refractivity contribution in [1.29, 1.82) is 0 Å². The molecule has 1 aliphatic heterocycles. The summed E-state index contributed by atoms with van der Waals surface area (Å²) in [5.41, 5.74) is 2.78. The Hall–Kier alpha value is -2.34. The van der Waals surface area contributed by atoms with Crippen LogP contribution in [-0.2, 0) is 9.31 Å². The van der Waals surface area contributed by atoms with Crippen LogP contribution < -0.4 is 5.46 Å². The van der Waals surface area contributed by atoms with Gasteiger partial charge in [-0.3, -0.25) is 0 Å². The van der Waals surface area contributed by atoms with Gasteiger partial charge in [0.15, 0.2) is 0 Å². The highest BCUT2D eigenvalue weighted by molar-refractivity contribution is 7.26. The molecule has 0 aliphatic carbocycles. The van der Waals surface area contributed by atoms with Crippen molar-refractivity contribution < 1.29 is 9.31 Å². The fraction of sp³-hybridized carbons (Fsp3) is 0.250. The molecule has 2 aromatic heterocycles. The summed E-state index contributed by atoms with van der Waals surface area (Å²) in [7, 11) is -0.346. The number of H-pyrrole nitrogens is 1. The van der Waals surface area contributed by atoms with Crippen LogP contribution in [-0.4, -0.2) is 23.3 Å². The summed E-state index contributed by atoms with van der Waals surface area (Å²) in [5.74, 6) is 0. The van der Waals surface area contributed by atoms with E-state index < -0.39 is 0 Å².